The Bertz CT molecular complexity index is 1240. The number of imide groups is 1. The maximum atomic E-state index is 13.9. The van der Waals surface area contributed by atoms with Gasteiger partial charge in [0, 0.05) is 31.6 Å². The number of carbonyl (C=O) groups excluding carboxylic acids is 2. The van der Waals surface area contributed by atoms with Gasteiger partial charge in [-0.05, 0) is 43.1 Å². The number of benzene rings is 3. The van der Waals surface area contributed by atoms with Crippen molar-refractivity contribution < 1.29 is 14.3 Å². The lowest BCUT2D eigenvalue weighted by atomic mass is 10.0. The van der Waals surface area contributed by atoms with Gasteiger partial charge in [0.1, 0.15) is 11.4 Å². The molecule has 2 amide bonds. The number of carbonyl (C=O) groups is 2. The molecule has 0 atom stereocenters. The highest BCUT2D eigenvalue weighted by Gasteiger charge is 2.43. The van der Waals surface area contributed by atoms with Gasteiger partial charge in [0.15, 0.2) is 0 Å². The van der Waals surface area contributed by atoms with E-state index in [9.17, 15) is 9.59 Å². The quantitative estimate of drug-likeness (QED) is 0.564. The van der Waals surface area contributed by atoms with E-state index in [2.05, 4.69) is 16.8 Å². The predicted octanol–water partition coefficient (Wildman–Crippen LogP) is 3.77. The Hall–Kier alpha value is -3.64. The van der Waals surface area contributed by atoms with Crippen LogP contribution in [0.4, 0.5) is 5.69 Å². The zero-order chi connectivity index (χ0) is 22.9. The summed E-state index contributed by atoms with van der Waals surface area (Å²) in [5, 5.41) is 1.87. The summed E-state index contributed by atoms with van der Waals surface area (Å²) in [6.07, 6.45) is 0. The largest absolute Gasteiger partial charge is 0.494 e. The maximum absolute atomic E-state index is 13.9. The second-order valence-electron chi connectivity index (χ2n) is 8.42. The summed E-state index contributed by atoms with van der Waals surface area (Å²) in [5.74, 6) is 0.199. The van der Waals surface area contributed by atoms with Crippen LogP contribution in [0.3, 0.4) is 0 Å². The SMILES string of the molecule is CCOc1ccc(C2=C(N3CCN(C)CC3)C(=O)N(c3cccc4ccccc34)C2=O)cc1. The molecule has 6 nitrogen and oxygen atoms in total. The average Bonchev–Trinajstić information content (AvgIpc) is 3.10. The fraction of sp³-hybridized carbons (Fsp3) is 0.259. The van der Waals surface area contributed by atoms with E-state index in [1.165, 1.54) is 4.90 Å². The Labute approximate surface area is 193 Å². The zero-order valence-electron chi connectivity index (χ0n) is 19.0. The molecule has 3 aromatic rings. The van der Waals surface area contributed by atoms with Crippen molar-refractivity contribution in [3.8, 4) is 5.75 Å². The molecule has 6 heteroatoms. The van der Waals surface area contributed by atoms with Crippen LogP contribution in [0.1, 0.15) is 12.5 Å². The second kappa shape index (κ2) is 8.71. The molecule has 2 heterocycles. The summed E-state index contributed by atoms with van der Waals surface area (Å²) in [6.45, 7) is 5.60. The van der Waals surface area contributed by atoms with E-state index in [1.807, 2.05) is 73.7 Å². The highest BCUT2D eigenvalue weighted by molar-refractivity contribution is 6.46. The van der Waals surface area contributed by atoms with Crippen LogP contribution in [0.5, 0.6) is 5.75 Å². The summed E-state index contributed by atoms with van der Waals surface area (Å²) in [6, 6.07) is 21.0. The number of nitrogens with zero attached hydrogens (tertiary/aromatic N) is 3. The van der Waals surface area contributed by atoms with E-state index < -0.39 is 0 Å². The topological polar surface area (TPSA) is 53.1 Å². The summed E-state index contributed by atoms with van der Waals surface area (Å²) in [7, 11) is 2.07. The fourth-order valence-electron chi connectivity index (χ4n) is 4.61. The third-order valence-electron chi connectivity index (χ3n) is 6.34. The smallest absolute Gasteiger partial charge is 0.282 e. The lowest BCUT2D eigenvalue weighted by Crippen LogP contribution is -2.46. The van der Waals surface area contributed by atoms with Gasteiger partial charge in [0.25, 0.3) is 11.8 Å². The Morgan fingerprint density at radius 3 is 2.24 bits per heavy atom. The third kappa shape index (κ3) is 3.76. The van der Waals surface area contributed by atoms with Crippen molar-refractivity contribution in [3.63, 3.8) is 0 Å². The Morgan fingerprint density at radius 1 is 0.818 bits per heavy atom. The summed E-state index contributed by atoms with van der Waals surface area (Å²) < 4.78 is 5.57. The van der Waals surface area contributed by atoms with E-state index >= 15 is 0 Å². The monoisotopic (exact) mass is 441 g/mol. The summed E-state index contributed by atoms with van der Waals surface area (Å²) in [5.41, 5.74) is 2.30. The molecule has 0 spiro atoms. The van der Waals surface area contributed by atoms with Gasteiger partial charge < -0.3 is 14.5 Å². The van der Waals surface area contributed by atoms with Crippen molar-refractivity contribution in [1.29, 1.82) is 0 Å². The van der Waals surface area contributed by atoms with Crippen molar-refractivity contribution in [3.05, 3.63) is 78.0 Å². The van der Waals surface area contributed by atoms with E-state index in [0.29, 0.717) is 36.7 Å². The number of likely N-dealkylation sites (N-methyl/N-ethyl adjacent to an activating group) is 1. The molecule has 0 bridgehead atoms. The summed E-state index contributed by atoms with van der Waals surface area (Å²) in [4.78, 5) is 33.4. The Morgan fingerprint density at radius 2 is 1.52 bits per heavy atom. The first-order valence-electron chi connectivity index (χ1n) is 11.4. The maximum Gasteiger partial charge on any atom is 0.282 e. The Balaban J connectivity index is 1.62. The highest BCUT2D eigenvalue weighted by Crippen LogP contribution is 2.38. The van der Waals surface area contributed by atoms with Crippen LogP contribution >= 0.6 is 0 Å². The number of ether oxygens (including phenoxy) is 1. The molecule has 0 saturated carbocycles. The minimum absolute atomic E-state index is 0.259. The van der Waals surface area contributed by atoms with Gasteiger partial charge in [-0.15, -0.1) is 0 Å². The van der Waals surface area contributed by atoms with Crippen LogP contribution in [-0.2, 0) is 9.59 Å². The molecular weight excluding hydrogens is 414 g/mol. The second-order valence-corrected chi connectivity index (χ2v) is 8.42. The van der Waals surface area contributed by atoms with Gasteiger partial charge in [0.2, 0.25) is 0 Å². The number of piperazine rings is 1. The van der Waals surface area contributed by atoms with Crippen molar-refractivity contribution >= 4 is 33.8 Å². The molecule has 1 fully saturated rings. The van der Waals surface area contributed by atoms with Crippen LogP contribution in [0.2, 0.25) is 0 Å². The fourth-order valence-corrected chi connectivity index (χ4v) is 4.61. The van der Waals surface area contributed by atoms with Crippen LogP contribution < -0.4 is 9.64 Å². The van der Waals surface area contributed by atoms with Gasteiger partial charge in [-0.3, -0.25) is 9.59 Å². The Kier molecular flexibility index (Phi) is 5.60. The molecule has 5 rings (SSSR count). The molecule has 168 valence electrons. The van der Waals surface area contributed by atoms with Gasteiger partial charge in [0.05, 0.1) is 17.9 Å². The number of rotatable bonds is 5. The van der Waals surface area contributed by atoms with Crippen LogP contribution in [-0.4, -0.2) is 61.4 Å². The van der Waals surface area contributed by atoms with Crippen molar-refractivity contribution in [2.75, 3.05) is 44.7 Å². The molecule has 3 aromatic carbocycles. The lowest BCUT2D eigenvalue weighted by molar-refractivity contribution is -0.120. The summed E-state index contributed by atoms with van der Waals surface area (Å²) >= 11 is 0. The number of hydrogen-bond acceptors (Lipinski definition) is 5. The molecule has 0 radical (unpaired) electrons. The van der Waals surface area contributed by atoms with E-state index in [1.54, 1.807) is 0 Å². The number of hydrogen-bond donors (Lipinski definition) is 0. The van der Waals surface area contributed by atoms with Gasteiger partial charge in [-0.2, -0.15) is 0 Å². The normalized spacial score (nSPS) is 17.4. The standard InChI is InChI=1S/C27H27N3O3/c1-3-33-21-13-11-20(12-14-21)24-25(29-17-15-28(2)16-18-29)27(32)30(26(24)31)23-10-6-8-19-7-4-5-9-22(19)23/h4-14H,3,15-18H2,1-2H3. The van der Waals surface area contributed by atoms with Gasteiger partial charge in [-0.25, -0.2) is 4.90 Å². The first kappa shape index (κ1) is 21.2. The number of amides is 2. The van der Waals surface area contributed by atoms with Gasteiger partial charge >= 0.3 is 0 Å². The first-order valence-corrected chi connectivity index (χ1v) is 11.4. The van der Waals surface area contributed by atoms with Crippen LogP contribution in [0.15, 0.2) is 72.4 Å². The molecule has 0 unspecified atom stereocenters. The zero-order valence-corrected chi connectivity index (χ0v) is 19.0. The third-order valence-corrected chi connectivity index (χ3v) is 6.34. The van der Waals surface area contributed by atoms with Gasteiger partial charge in [-0.1, -0.05) is 48.5 Å². The molecule has 0 aliphatic carbocycles. The molecule has 33 heavy (non-hydrogen) atoms. The van der Waals surface area contributed by atoms with Crippen molar-refractivity contribution in [2.45, 2.75) is 6.92 Å². The minimum atomic E-state index is -0.283. The molecule has 0 aromatic heterocycles. The first-order chi connectivity index (χ1) is 16.1. The average molecular weight is 442 g/mol. The van der Waals surface area contributed by atoms with E-state index in [-0.39, 0.29) is 11.8 Å². The molecule has 1 saturated heterocycles. The molecule has 2 aliphatic heterocycles. The minimum Gasteiger partial charge on any atom is -0.494 e. The lowest BCUT2D eigenvalue weighted by Gasteiger charge is -2.34. The van der Waals surface area contributed by atoms with E-state index in [4.69, 9.17) is 4.74 Å². The van der Waals surface area contributed by atoms with Crippen LogP contribution in [0, 0.1) is 0 Å². The van der Waals surface area contributed by atoms with Crippen molar-refractivity contribution in [1.82, 2.24) is 9.80 Å². The van der Waals surface area contributed by atoms with Crippen molar-refractivity contribution in [2.24, 2.45) is 0 Å². The van der Waals surface area contributed by atoms with E-state index in [0.717, 1.165) is 35.2 Å². The number of fused-ring (bicyclic) bond motifs is 1. The molecule has 2 aliphatic rings. The molecular formula is C27H27N3O3. The predicted molar refractivity (Wildman–Crippen MR) is 130 cm³/mol. The highest BCUT2D eigenvalue weighted by atomic mass is 16.5. The van der Waals surface area contributed by atoms with Crippen LogP contribution in [0.25, 0.3) is 16.3 Å². The number of anilines is 1. The molecule has 0 N–H and O–H groups in total.